The second-order valence-corrected chi connectivity index (χ2v) is 10.7. The van der Waals surface area contributed by atoms with Gasteiger partial charge >= 0.3 is 12.1 Å². The maximum atomic E-state index is 15.4. The number of fused-ring (bicyclic) bond motifs is 4. The van der Waals surface area contributed by atoms with E-state index < -0.39 is 35.5 Å². The van der Waals surface area contributed by atoms with Crippen LogP contribution in [0, 0.1) is 17.7 Å². The highest BCUT2D eigenvalue weighted by molar-refractivity contribution is 5.77. The molecule has 7 rings (SSSR count). The van der Waals surface area contributed by atoms with Gasteiger partial charge in [-0.15, -0.1) is 0 Å². The standard InChI is InChI=1S/C30H23F4N3O3/c31-24-11-20-18(9-16(24)14-40-26-10-15-8-21-27(22(15)13-35-26)28(21)29(38)39)19(12-25(20)37-7-3-6-36-37)17-4-1-2-5-23(17)30(32,33)34/h1-7,9-11,13,19,21,25,27-28H,8,12,14H2,(H,38,39)/t19?,21-,25-,27-,28+/m1/s1. The molecule has 6 nitrogen and oxygen atoms in total. The maximum absolute atomic E-state index is 15.4. The van der Waals surface area contributed by atoms with Crippen LogP contribution in [0.15, 0.2) is 67.1 Å². The molecule has 1 saturated carbocycles. The van der Waals surface area contributed by atoms with Gasteiger partial charge in [-0.2, -0.15) is 18.3 Å². The lowest BCUT2D eigenvalue weighted by Gasteiger charge is -2.19. The topological polar surface area (TPSA) is 77.2 Å². The Bertz CT molecular complexity index is 1640. The Balaban J connectivity index is 1.20. The van der Waals surface area contributed by atoms with Crippen LogP contribution in [-0.2, 0) is 24.0 Å². The summed E-state index contributed by atoms with van der Waals surface area (Å²) < 4.78 is 64.7. The predicted molar refractivity (Wildman–Crippen MR) is 134 cm³/mol. The van der Waals surface area contributed by atoms with Gasteiger partial charge in [0.05, 0.1) is 17.5 Å². The van der Waals surface area contributed by atoms with E-state index in [9.17, 15) is 23.1 Å². The third-order valence-corrected chi connectivity index (χ3v) is 8.57. The van der Waals surface area contributed by atoms with Gasteiger partial charge in [0.25, 0.3) is 0 Å². The Kier molecular flexibility index (Phi) is 5.52. The molecule has 2 aromatic heterocycles. The molecule has 0 spiro atoms. The number of carboxylic acids is 1. The normalized spacial score (nSPS) is 24.4. The molecule has 1 N–H and O–H groups in total. The summed E-state index contributed by atoms with van der Waals surface area (Å²) in [4.78, 5) is 15.7. The van der Waals surface area contributed by atoms with E-state index >= 15 is 4.39 Å². The summed E-state index contributed by atoms with van der Waals surface area (Å²) in [6.07, 6.45) is 1.36. The lowest BCUT2D eigenvalue weighted by Crippen LogP contribution is -2.12. The van der Waals surface area contributed by atoms with E-state index in [2.05, 4.69) is 10.1 Å². The molecule has 0 bridgehead atoms. The Labute approximate surface area is 226 Å². The van der Waals surface area contributed by atoms with Crippen LogP contribution in [0.1, 0.15) is 63.2 Å². The van der Waals surface area contributed by atoms with Crippen LogP contribution in [0.25, 0.3) is 0 Å². The zero-order valence-corrected chi connectivity index (χ0v) is 21.0. The number of benzene rings is 2. The van der Waals surface area contributed by atoms with Crippen LogP contribution in [0.3, 0.4) is 0 Å². The molecular formula is C30H23F4N3O3. The minimum absolute atomic E-state index is 0.0116. The highest BCUT2D eigenvalue weighted by Gasteiger charge is 2.60. The van der Waals surface area contributed by atoms with Crippen molar-refractivity contribution in [2.75, 3.05) is 0 Å². The molecule has 3 aliphatic rings. The zero-order chi connectivity index (χ0) is 27.8. The molecular weight excluding hydrogens is 526 g/mol. The summed E-state index contributed by atoms with van der Waals surface area (Å²) in [5.41, 5.74) is 2.75. The van der Waals surface area contributed by atoms with Crippen molar-refractivity contribution in [3.8, 4) is 5.88 Å². The van der Waals surface area contributed by atoms with Crippen molar-refractivity contribution in [1.29, 1.82) is 0 Å². The van der Waals surface area contributed by atoms with Crippen molar-refractivity contribution in [3.05, 3.63) is 112 Å². The molecule has 204 valence electrons. The zero-order valence-electron chi connectivity index (χ0n) is 21.0. The van der Waals surface area contributed by atoms with Gasteiger partial charge in [-0.3, -0.25) is 9.48 Å². The fraction of sp³-hybridized carbons (Fsp3) is 0.300. The van der Waals surface area contributed by atoms with Crippen molar-refractivity contribution in [1.82, 2.24) is 14.8 Å². The number of ether oxygens (including phenoxy) is 1. The van der Waals surface area contributed by atoms with E-state index in [-0.39, 0.29) is 35.5 Å². The van der Waals surface area contributed by atoms with Crippen LogP contribution in [-0.4, -0.2) is 25.8 Å². The number of aromatic nitrogens is 3. The second-order valence-electron chi connectivity index (χ2n) is 10.7. The van der Waals surface area contributed by atoms with Gasteiger partial charge in [0.2, 0.25) is 5.88 Å². The number of carbonyl (C=O) groups is 1. The summed E-state index contributed by atoms with van der Waals surface area (Å²) in [5, 5.41) is 13.6. The molecule has 0 saturated heterocycles. The first kappa shape index (κ1) is 24.8. The first-order valence-electron chi connectivity index (χ1n) is 13.0. The van der Waals surface area contributed by atoms with Crippen molar-refractivity contribution in [2.24, 2.45) is 11.8 Å². The van der Waals surface area contributed by atoms with Crippen LogP contribution in [0.4, 0.5) is 17.6 Å². The lowest BCUT2D eigenvalue weighted by atomic mass is 9.88. The smallest absolute Gasteiger partial charge is 0.416 e. The van der Waals surface area contributed by atoms with E-state index in [1.54, 1.807) is 47.5 Å². The molecule has 3 aliphatic carbocycles. The monoisotopic (exact) mass is 549 g/mol. The number of hydrogen-bond acceptors (Lipinski definition) is 4. The Hall–Kier alpha value is -4.21. The van der Waals surface area contributed by atoms with Crippen molar-refractivity contribution in [3.63, 3.8) is 0 Å². The molecule has 2 aromatic carbocycles. The minimum atomic E-state index is -4.53. The first-order chi connectivity index (χ1) is 19.2. The van der Waals surface area contributed by atoms with Crippen molar-refractivity contribution >= 4 is 5.97 Å². The van der Waals surface area contributed by atoms with Gasteiger partial charge < -0.3 is 9.84 Å². The highest BCUT2D eigenvalue weighted by atomic mass is 19.4. The summed E-state index contributed by atoms with van der Waals surface area (Å²) in [6, 6.07) is 11.6. The van der Waals surface area contributed by atoms with E-state index in [1.807, 2.05) is 0 Å². The SMILES string of the molecule is O=C(O)[C@H]1[C@@H]2Cc3cc(OCc4cc5c(cc4F)[C@H](n4cccn4)CC5c4ccccc4C(F)(F)F)ncc3[C@@H]21. The van der Waals surface area contributed by atoms with Gasteiger partial charge in [-0.1, -0.05) is 18.2 Å². The molecule has 5 atom stereocenters. The van der Waals surface area contributed by atoms with Gasteiger partial charge in [-0.25, -0.2) is 9.37 Å². The number of carboxylic acid groups (broad SMARTS) is 1. The Morgan fingerprint density at radius 1 is 1.07 bits per heavy atom. The fourth-order valence-electron chi connectivity index (χ4n) is 6.74. The maximum Gasteiger partial charge on any atom is 0.416 e. The third kappa shape index (κ3) is 3.96. The number of aliphatic carboxylic acids is 1. The number of rotatable bonds is 6. The predicted octanol–water partition coefficient (Wildman–Crippen LogP) is 6.11. The van der Waals surface area contributed by atoms with E-state index in [1.165, 1.54) is 18.2 Å². The van der Waals surface area contributed by atoms with Crippen LogP contribution >= 0.6 is 0 Å². The van der Waals surface area contributed by atoms with Crippen molar-refractivity contribution < 1.29 is 32.2 Å². The summed E-state index contributed by atoms with van der Waals surface area (Å²) in [7, 11) is 0. The lowest BCUT2D eigenvalue weighted by molar-refractivity contribution is -0.139. The van der Waals surface area contributed by atoms with Crippen LogP contribution in [0.5, 0.6) is 5.88 Å². The fourth-order valence-corrected chi connectivity index (χ4v) is 6.74. The Morgan fingerprint density at radius 2 is 1.90 bits per heavy atom. The van der Waals surface area contributed by atoms with Gasteiger partial charge in [-0.05, 0) is 70.8 Å². The molecule has 2 heterocycles. The molecule has 4 aromatic rings. The quantitative estimate of drug-likeness (QED) is 0.294. The van der Waals surface area contributed by atoms with E-state index in [0.29, 0.717) is 29.8 Å². The minimum Gasteiger partial charge on any atom is -0.481 e. The number of halogens is 4. The summed E-state index contributed by atoms with van der Waals surface area (Å²) in [6.45, 7) is -0.157. The number of pyridine rings is 1. The molecule has 0 amide bonds. The number of alkyl halides is 3. The van der Waals surface area contributed by atoms with Gasteiger partial charge in [0.15, 0.2) is 0 Å². The van der Waals surface area contributed by atoms with Crippen molar-refractivity contribution in [2.45, 2.75) is 43.5 Å². The van der Waals surface area contributed by atoms with Crippen LogP contribution < -0.4 is 4.74 Å². The largest absolute Gasteiger partial charge is 0.481 e. The molecule has 0 aliphatic heterocycles. The number of nitrogens with zero attached hydrogens (tertiary/aromatic N) is 3. The second kappa shape index (κ2) is 8.90. The molecule has 40 heavy (non-hydrogen) atoms. The number of hydrogen-bond donors (Lipinski definition) is 1. The molecule has 0 radical (unpaired) electrons. The summed E-state index contributed by atoms with van der Waals surface area (Å²) in [5.74, 6) is -1.93. The van der Waals surface area contributed by atoms with E-state index in [4.69, 9.17) is 4.74 Å². The van der Waals surface area contributed by atoms with Gasteiger partial charge in [0.1, 0.15) is 12.4 Å². The molecule has 1 unspecified atom stereocenters. The third-order valence-electron chi connectivity index (χ3n) is 8.57. The average molecular weight is 550 g/mol. The average Bonchev–Trinajstić information content (AvgIpc) is 3.27. The molecule has 1 fully saturated rings. The first-order valence-corrected chi connectivity index (χ1v) is 13.0. The Morgan fingerprint density at radius 3 is 2.65 bits per heavy atom. The van der Waals surface area contributed by atoms with E-state index in [0.717, 1.165) is 17.2 Å². The highest BCUT2D eigenvalue weighted by Crippen LogP contribution is 2.61. The van der Waals surface area contributed by atoms with Gasteiger partial charge in [0, 0.05) is 42.1 Å². The molecule has 10 heteroatoms. The van der Waals surface area contributed by atoms with Crippen LogP contribution in [0.2, 0.25) is 0 Å². The summed E-state index contributed by atoms with van der Waals surface area (Å²) >= 11 is 0.